The quantitative estimate of drug-likeness (QED) is 0.448. The fraction of sp³-hybridized carbons (Fsp3) is 0.609. The second-order valence-corrected chi connectivity index (χ2v) is 15.5. The van der Waals surface area contributed by atoms with E-state index in [9.17, 15) is 0 Å². The van der Waals surface area contributed by atoms with Crippen molar-refractivity contribution in [1.82, 2.24) is 9.55 Å². The van der Waals surface area contributed by atoms with Crippen LogP contribution in [0.5, 0.6) is 0 Å². The first-order valence-electron chi connectivity index (χ1n) is 11.1. The average Bonchev–Trinajstić information content (AvgIpc) is 3.31. The standard InChI is InChI=1S/C23H34FN3O3Si/c1-17(2)18-15-27(16-28-12-13-31(3,4)5)19-14-25-22(21(24)20(18)19)26-8-6-23(7-9-26)29-10-11-30-23/h14-15H,1,6-13,16H2,2-5H3. The van der Waals surface area contributed by atoms with Gasteiger partial charge in [0.2, 0.25) is 0 Å². The van der Waals surface area contributed by atoms with Gasteiger partial charge < -0.3 is 23.7 Å². The van der Waals surface area contributed by atoms with E-state index in [-0.39, 0.29) is 5.82 Å². The summed E-state index contributed by atoms with van der Waals surface area (Å²) >= 11 is 0. The zero-order chi connectivity index (χ0) is 22.2. The summed E-state index contributed by atoms with van der Waals surface area (Å²) < 4.78 is 35.2. The molecule has 0 atom stereocenters. The largest absolute Gasteiger partial charge is 0.361 e. The molecule has 0 unspecified atom stereocenters. The molecule has 0 N–H and O–H groups in total. The van der Waals surface area contributed by atoms with Gasteiger partial charge in [-0.05, 0) is 18.5 Å². The highest BCUT2D eigenvalue weighted by molar-refractivity contribution is 6.76. The maximum Gasteiger partial charge on any atom is 0.175 e. The molecule has 4 rings (SSSR count). The normalized spacial score (nSPS) is 18.9. The number of pyridine rings is 1. The van der Waals surface area contributed by atoms with E-state index in [0.717, 1.165) is 22.7 Å². The molecule has 0 saturated carbocycles. The summed E-state index contributed by atoms with van der Waals surface area (Å²) in [7, 11) is -1.15. The van der Waals surface area contributed by atoms with Crippen molar-refractivity contribution in [3.05, 3.63) is 30.4 Å². The van der Waals surface area contributed by atoms with Gasteiger partial charge in [-0.1, -0.05) is 26.2 Å². The van der Waals surface area contributed by atoms with Crippen molar-refractivity contribution in [2.75, 3.05) is 37.8 Å². The van der Waals surface area contributed by atoms with Gasteiger partial charge in [0, 0.05) is 57.8 Å². The molecule has 2 saturated heterocycles. The van der Waals surface area contributed by atoms with Crippen LogP contribution in [0, 0.1) is 5.82 Å². The lowest BCUT2D eigenvalue weighted by atomic mass is 10.0. The maximum absolute atomic E-state index is 15.7. The van der Waals surface area contributed by atoms with Gasteiger partial charge in [-0.15, -0.1) is 0 Å². The number of hydrogen-bond acceptors (Lipinski definition) is 5. The zero-order valence-corrected chi connectivity index (χ0v) is 20.2. The van der Waals surface area contributed by atoms with Crippen LogP contribution >= 0.6 is 0 Å². The minimum absolute atomic E-state index is 0.291. The van der Waals surface area contributed by atoms with E-state index in [1.807, 2.05) is 22.6 Å². The number of hydrogen-bond donors (Lipinski definition) is 0. The van der Waals surface area contributed by atoms with Gasteiger partial charge in [0.1, 0.15) is 6.73 Å². The van der Waals surface area contributed by atoms with E-state index in [1.165, 1.54) is 0 Å². The summed E-state index contributed by atoms with van der Waals surface area (Å²) in [5.41, 5.74) is 2.37. The number of aromatic nitrogens is 2. The maximum atomic E-state index is 15.7. The highest BCUT2D eigenvalue weighted by atomic mass is 28.3. The Morgan fingerprint density at radius 2 is 1.94 bits per heavy atom. The smallest absolute Gasteiger partial charge is 0.175 e. The van der Waals surface area contributed by atoms with Gasteiger partial charge in [0.25, 0.3) is 0 Å². The van der Waals surface area contributed by atoms with Crippen LogP contribution in [0.2, 0.25) is 25.7 Å². The summed E-state index contributed by atoms with van der Waals surface area (Å²) in [6.07, 6.45) is 5.12. The summed E-state index contributed by atoms with van der Waals surface area (Å²) in [4.78, 5) is 6.51. The average molecular weight is 448 g/mol. The third-order valence-corrected chi connectivity index (χ3v) is 7.87. The first kappa shape index (κ1) is 22.5. The number of piperidine rings is 1. The van der Waals surface area contributed by atoms with Crippen LogP contribution in [0.1, 0.15) is 25.3 Å². The molecular weight excluding hydrogens is 413 g/mol. The van der Waals surface area contributed by atoms with Gasteiger partial charge in [0.05, 0.1) is 24.9 Å². The third-order valence-electron chi connectivity index (χ3n) is 6.17. The van der Waals surface area contributed by atoms with Gasteiger partial charge in [-0.3, -0.25) is 0 Å². The summed E-state index contributed by atoms with van der Waals surface area (Å²) in [5, 5.41) is 0.569. The van der Waals surface area contributed by atoms with E-state index in [0.29, 0.717) is 63.7 Å². The molecule has 31 heavy (non-hydrogen) atoms. The van der Waals surface area contributed by atoms with E-state index >= 15 is 4.39 Å². The SMILES string of the molecule is C=C(C)c1cn(COCC[Si](C)(C)C)c2cnc(N3CCC4(CC3)OCCO4)c(F)c12. The summed E-state index contributed by atoms with van der Waals surface area (Å²) in [6, 6.07) is 1.10. The Morgan fingerprint density at radius 1 is 1.26 bits per heavy atom. The Labute approximate surface area is 185 Å². The molecule has 2 aromatic rings. The van der Waals surface area contributed by atoms with Crippen molar-refractivity contribution in [3.63, 3.8) is 0 Å². The fourth-order valence-electron chi connectivity index (χ4n) is 4.27. The van der Waals surface area contributed by atoms with Crippen molar-refractivity contribution in [2.45, 2.75) is 58.0 Å². The predicted octanol–water partition coefficient (Wildman–Crippen LogP) is 4.86. The van der Waals surface area contributed by atoms with Crippen LogP contribution in [0.25, 0.3) is 16.5 Å². The van der Waals surface area contributed by atoms with Crippen molar-refractivity contribution in [2.24, 2.45) is 0 Å². The Morgan fingerprint density at radius 3 is 2.55 bits per heavy atom. The number of ether oxygens (including phenoxy) is 3. The van der Waals surface area contributed by atoms with Crippen LogP contribution in [0.3, 0.4) is 0 Å². The molecule has 4 heterocycles. The van der Waals surface area contributed by atoms with Crippen LogP contribution in [0.4, 0.5) is 10.2 Å². The molecule has 0 aliphatic carbocycles. The minimum Gasteiger partial charge on any atom is -0.361 e. The Bertz CT molecular complexity index is 953. The fourth-order valence-corrected chi connectivity index (χ4v) is 5.03. The van der Waals surface area contributed by atoms with Crippen LogP contribution in [-0.2, 0) is 20.9 Å². The molecule has 2 aliphatic heterocycles. The molecule has 0 radical (unpaired) electrons. The Balaban J connectivity index is 1.56. The molecule has 1 spiro atoms. The molecule has 6 nitrogen and oxygen atoms in total. The van der Waals surface area contributed by atoms with Crippen LogP contribution in [0.15, 0.2) is 19.0 Å². The lowest BCUT2D eigenvalue weighted by molar-refractivity contribution is -0.169. The predicted molar refractivity (Wildman–Crippen MR) is 125 cm³/mol. The number of fused-ring (bicyclic) bond motifs is 1. The molecule has 0 bridgehead atoms. The van der Waals surface area contributed by atoms with Crippen molar-refractivity contribution in [3.8, 4) is 0 Å². The van der Waals surface area contributed by atoms with Crippen molar-refractivity contribution in [1.29, 1.82) is 0 Å². The number of nitrogens with zero attached hydrogens (tertiary/aromatic N) is 3. The number of halogens is 1. The van der Waals surface area contributed by atoms with E-state index < -0.39 is 13.9 Å². The molecule has 0 amide bonds. The Hall–Kier alpha value is -1.74. The van der Waals surface area contributed by atoms with Crippen LogP contribution in [-0.4, -0.2) is 56.3 Å². The van der Waals surface area contributed by atoms with Gasteiger partial charge >= 0.3 is 0 Å². The minimum atomic E-state index is -1.15. The molecule has 2 fully saturated rings. The molecule has 2 aliphatic rings. The first-order valence-corrected chi connectivity index (χ1v) is 14.8. The second kappa shape index (κ2) is 8.65. The molecule has 2 aromatic heterocycles. The molecule has 0 aromatic carbocycles. The number of rotatable bonds is 7. The second-order valence-electron chi connectivity index (χ2n) is 9.89. The van der Waals surface area contributed by atoms with Gasteiger partial charge in [-0.25, -0.2) is 9.37 Å². The highest BCUT2D eigenvalue weighted by Crippen LogP contribution is 2.36. The number of allylic oxidation sites excluding steroid dienone is 1. The first-order chi connectivity index (χ1) is 14.7. The van der Waals surface area contributed by atoms with E-state index in [4.69, 9.17) is 14.2 Å². The molecular formula is C23H34FN3O3Si. The highest BCUT2D eigenvalue weighted by Gasteiger charge is 2.40. The van der Waals surface area contributed by atoms with E-state index in [2.05, 4.69) is 31.2 Å². The van der Waals surface area contributed by atoms with Crippen molar-refractivity contribution < 1.29 is 18.6 Å². The zero-order valence-electron chi connectivity index (χ0n) is 19.2. The Kier molecular flexibility index (Phi) is 6.27. The summed E-state index contributed by atoms with van der Waals surface area (Å²) in [6.45, 7) is 16.6. The van der Waals surface area contributed by atoms with Crippen LogP contribution < -0.4 is 4.90 Å². The lowest BCUT2D eigenvalue weighted by Crippen LogP contribution is -2.45. The third kappa shape index (κ3) is 4.72. The number of anilines is 1. The van der Waals surface area contributed by atoms with Crippen molar-refractivity contribution >= 4 is 30.4 Å². The molecule has 8 heteroatoms. The molecule has 170 valence electrons. The van der Waals surface area contributed by atoms with Gasteiger partial charge in [-0.2, -0.15) is 0 Å². The monoisotopic (exact) mass is 447 g/mol. The summed E-state index contributed by atoms with van der Waals surface area (Å²) in [5.74, 6) is -0.392. The topological polar surface area (TPSA) is 48.8 Å². The van der Waals surface area contributed by atoms with Gasteiger partial charge in [0.15, 0.2) is 17.4 Å². The lowest BCUT2D eigenvalue weighted by Gasteiger charge is -2.38. The van der Waals surface area contributed by atoms with E-state index in [1.54, 1.807) is 6.20 Å².